The van der Waals surface area contributed by atoms with Crippen molar-refractivity contribution in [3.8, 4) is 0 Å². The highest BCUT2D eigenvalue weighted by Gasteiger charge is 2.20. The molecule has 0 radical (unpaired) electrons. The molecule has 0 aromatic heterocycles. The molecular weight excluding hydrogens is 216 g/mol. The van der Waals surface area contributed by atoms with Gasteiger partial charge in [-0.15, -0.1) is 0 Å². The largest absolute Gasteiger partial charge is 0.389 e. The molecule has 0 spiro atoms. The maximum atomic E-state index is 10.1. The fraction of sp³-hybridized carbons (Fsp3) is 0.857. The predicted molar refractivity (Wildman–Crippen MR) is 70.8 cm³/mol. The van der Waals surface area contributed by atoms with Crippen LogP contribution < -0.4 is 0 Å². The van der Waals surface area contributed by atoms with Gasteiger partial charge in [0.2, 0.25) is 0 Å². The highest BCUT2D eigenvalue weighted by molar-refractivity contribution is 4.92. The van der Waals surface area contributed by atoms with Crippen molar-refractivity contribution < 1.29 is 14.6 Å². The van der Waals surface area contributed by atoms with E-state index in [0.717, 1.165) is 6.42 Å². The Balaban J connectivity index is 4.05. The normalized spacial score (nSPS) is 15.6. The molecule has 0 unspecified atom stereocenters. The maximum Gasteiger partial charge on any atom is 0.146 e. The summed E-state index contributed by atoms with van der Waals surface area (Å²) in [5, 5.41) is 10.1. The quantitative estimate of drug-likeness (QED) is 0.365. The molecular formula is C14H28O3. The van der Waals surface area contributed by atoms with Crippen LogP contribution in [0.1, 0.15) is 40.0 Å². The minimum absolute atomic E-state index is 0.128. The van der Waals surface area contributed by atoms with E-state index in [1.807, 2.05) is 6.08 Å². The third-order valence-corrected chi connectivity index (χ3v) is 2.86. The summed E-state index contributed by atoms with van der Waals surface area (Å²) >= 11 is 0. The van der Waals surface area contributed by atoms with Crippen molar-refractivity contribution in [3.63, 3.8) is 0 Å². The second kappa shape index (κ2) is 10.8. The van der Waals surface area contributed by atoms with E-state index in [-0.39, 0.29) is 12.7 Å². The van der Waals surface area contributed by atoms with Crippen molar-refractivity contribution in [3.05, 3.63) is 12.2 Å². The first-order valence-electron chi connectivity index (χ1n) is 6.54. The molecule has 2 atom stereocenters. The standard InChI is InChI=1S/C14H28O3/c1-5-6-7-8-9-14(15)13(12(2)3)10-17-11-16-4/h8-9,12-15H,5-7,10-11H2,1-4H3/b9-8-/t13-,14-/m0/s1. The van der Waals surface area contributed by atoms with Gasteiger partial charge in [0, 0.05) is 13.0 Å². The first-order chi connectivity index (χ1) is 8.13. The second-order valence-electron chi connectivity index (χ2n) is 4.75. The Bertz CT molecular complexity index is 190. The number of unbranched alkanes of at least 4 members (excludes halogenated alkanes) is 2. The zero-order valence-corrected chi connectivity index (χ0v) is 11.7. The van der Waals surface area contributed by atoms with E-state index in [0.29, 0.717) is 12.5 Å². The summed E-state index contributed by atoms with van der Waals surface area (Å²) in [6.45, 7) is 7.19. The van der Waals surface area contributed by atoms with Crippen molar-refractivity contribution in [2.24, 2.45) is 11.8 Å². The minimum Gasteiger partial charge on any atom is -0.389 e. The zero-order chi connectivity index (χ0) is 13.1. The van der Waals surface area contributed by atoms with Gasteiger partial charge in [0.15, 0.2) is 0 Å². The van der Waals surface area contributed by atoms with Gasteiger partial charge in [-0.05, 0) is 12.3 Å². The van der Waals surface area contributed by atoms with Crippen LogP contribution in [0.2, 0.25) is 0 Å². The van der Waals surface area contributed by atoms with Crippen molar-refractivity contribution in [2.75, 3.05) is 20.5 Å². The maximum absolute atomic E-state index is 10.1. The lowest BCUT2D eigenvalue weighted by atomic mass is 9.90. The summed E-state index contributed by atoms with van der Waals surface area (Å²) < 4.78 is 10.2. The van der Waals surface area contributed by atoms with Gasteiger partial charge in [0.1, 0.15) is 6.79 Å². The Morgan fingerprint density at radius 1 is 1.29 bits per heavy atom. The zero-order valence-electron chi connectivity index (χ0n) is 11.7. The average Bonchev–Trinajstić information content (AvgIpc) is 2.29. The fourth-order valence-corrected chi connectivity index (χ4v) is 1.65. The number of rotatable bonds is 10. The highest BCUT2D eigenvalue weighted by atomic mass is 16.7. The first kappa shape index (κ1) is 16.6. The van der Waals surface area contributed by atoms with Crippen LogP contribution in [-0.2, 0) is 9.47 Å². The molecule has 0 saturated heterocycles. The molecule has 3 heteroatoms. The third kappa shape index (κ3) is 8.36. The van der Waals surface area contributed by atoms with Crippen molar-refractivity contribution >= 4 is 0 Å². The molecule has 0 amide bonds. The monoisotopic (exact) mass is 244 g/mol. The summed E-state index contributed by atoms with van der Waals surface area (Å²) in [7, 11) is 1.60. The van der Waals surface area contributed by atoms with Crippen molar-refractivity contribution in [1.29, 1.82) is 0 Å². The Morgan fingerprint density at radius 2 is 2.00 bits per heavy atom. The van der Waals surface area contributed by atoms with Crippen LogP contribution in [0.5, 0.6) is 0 Å². The number of aliphatic hydroxyl groups is 1. The Kier molecular flexibility index (Phi) is 10.5. The summed E-state index contributed by atoms with van der Waals surface area (Å²) in [4.78, 5) is 0. The van der Waals surface area contributed by atoms with Gasteiger partial charge >= 0.3 is 0 Å². The van der Waals surface area contributed by atoms with E-state index in [4.69, 9.17) is 9.47 Å². The van der Waals surface area contributed by atoms with Crippen LogP contribution in [-0.4, -0.2) is 31.7 Å². The SMILES string of the molecule is CCCC/C=C\[C@H](O)[C@@H](COCOC)C(C)C. The van der Waals surface area contributed by atoms with Crippen LogP contribution in [0.15, 0.2) is 12.2 Å². The molecule has 0 aromatic rings. The fourth-order valence-electron chi connectivity index (χ4n) is 1.65. The molecule has 3 nitrogen and oxygen atoms in total. The Hall–Kier alpha value is -0.380. The van der Waals surface area contributed by atoms with Crippen molar-refractivity contribution in [1.82, 2.24) is 0 Å². The van der Waals surface area contributed by atoms with E-state index in [9.17, 15) is 5.11 Å². The summed E-state index contributed by atoms with van der Waals surface area (Å²) in [5.41, 5.74) is 0. The molecule has 0 saturated carbocycles. The molecule has 0 rings (SSSR count). The summed E-state index contributed by atoms with van der Waals surface area (Å²) in [6.07, 6.45) is 6.94. The van der Waals surface area contributed by atoms with Gasteiger partial charge in [0.05, 0.1) is 12.7 Å². The lowest BCUT2D eigenvalue weighted by molar-refractivity contribution is -0.0627. The van der Waals surface area contributed by atoms with Gasteiger partial charge in [0.25, 0.3) is 0 Å². The Labute approximate surface area is 106 Å². The number of methoxy groups -OCH3 is 1. The molecule has 0 aliphatic rings. The summed E-state index contributed by atoms with van der Waals surface area (Å²) in [5.74, 6) is 0.515. The summed E-state index contributed by atoms with van der Waals surface area (Å²) in [6, 6.07) is 0. The smallest absolute Gasteiger partial charge is 0.146 e. The molecule has 1 N–H and O–H groups in total. The van der Waals surface area contributed by atoms with E-state index in [1.54, 1.807) is 7.11 Å². The van der Waals surface area contributed by atoms with E-state index in [1.165, 1.54) is 12.8 Å². The number of hydrogen-bond acceptors (Lipinski definition) is 3. The first-order valence-corrected chi connectivity index (χ1v) is 6.54. The third-order valence-electron chi connectivity index (χ3n) is 2.86. The molecule has 0 aliphatic carbocycles. The van der Waals surface area contributed by atoms with Gasteiger partial charge < -0.3 is 14.6 Å². The number of allylic oxidation sites excluding steroid dienone is 1. The van der Waals surface area contributed by atoms with E-state index in [2.05, 4.69) is 26.8 Å². The van der Waals surface area contributed by atoms with Gasteiger partial charge in [-0.3, -0.25) is 0 Å². The van der Waals surface area contributed by atoms with Gasteiger partial charge in [-0.25, -0.2) is 0 Å². The topological polar surface area (TPSA) is 38.7 Å². The highest BCUT2D eigenvalue weighted by Crippen LogP contribution is 2.17. The van der Waals surface area contributed by atoms with Crippen LogP contribution in [0.3, 0.4) is 0 Å². The van der Waals surface area contributed by atoms with E-state index < -0.39 is 6.10 Å². The Morgan fingerprint density at radius 3 is 2.53 bits per heavy atom. The van der Waals surface area contributed by atoms with Crippen LogP contribution >= 0.6 is 0 Å². The van der Waals surface area contributed by atoms with Gasteiger partial charge in [-0.2, -0.15) is 0 Å². The molecule has 0 fully saturated rings. The van der Waals surface area contributed by atoms with Gasteiger partial charge in [-0.1, -0.05) is 45.8 Å². The number of hydrogen-bond donors (Lipinski definition) is 1. The molecule has 0 bridgehead atoms. The van der Waals surface area contributed by atoms with Crippen molar-refractivity contribution in [2.45, 2.75) is 46.1 Å². The van der Waals surface area contributed by atoms with Crippen LogP contribution in [0.25, 0.3) is 0 Å². The number of aliphatic hydroxyl groups excluding tert-OH is 1. The van der Waals surface area contributed by atoms with E-state index >= 15 is 0 Å². The van der Waals surface area contributed by atoms with Crippen LogP contribution in [0.4, 0.5) is 0 Å². The molecule has 102 valence electrons. The second-order valence-corrected chi connectivity index (χ2v) is 4.75. The van der Waals surface area contributed by atoms with Crippen LogP contribution in [0, 0.1) is 11.8 Å². The molecule has 0 aromatic carbocycles. The molecule has 17 heavy (non-hydrogen) atoms. The number of ether oxygens (including phenoxy) is 2. The molecule has 0 aliphatic heterocycles. The predicted octanol–water partition coefficient (Wildman–Crippen LogP) is 2.99. The lowest BCUT2D eigenvalue weighted by Crippen LogP contribution is -2.28. The molecule has 0 heterocycles. The lowest BCUT2D eigenvalue weighted by Gasteiger charge is -2.24. The average molecular weight is 244 g/mol. The minimum atomic E-state index is -0.427.